The monoisotopic (exact) mass is 793 g/mol. The summed E-state index contributed by atoms with van der Waals surface area (Å²) in [7, 11) is 0. The molecule has 0 aromatic rings. The lowest BCUT2D eigenvalue weighted by Gasteiger charge is -2.64. The van der Waals surface area contributed by atoms with Gasteiger partial charge in [0.15, 0.2) is 17.8 Å². The van der Waals surface area contributed by atoms with Gasteiger partial charge in [-0.05, 0) is 76.5 Å². The van der Waals surface area contributed by atoms with Gasteiger partial charge in [-0.1, -0.05) is 34.6 Å². The summed E-state index contributed by atoms with van der Waals surface area (Å²) in [4.78, 5) is 55.6. The lowest BCUT2D eigenvalue weighted by molar-refractivity contribution is -0.301. The zero-order valence-corrected chi connectivity index (χ0v) is 34.2. The highest BCUT2D eigenvalue weighted by Crippen LogP contribution is 2.78. The SMILES string of the molecule is CCC(C)C(=O)O[C@H]1[C@H](O)[C@H]2[C@@H](CN3C[C@@H](C)CC[C@H]3[C@@]2(C)O)[C@@H]2C[C@]34O[C@@]5(O)[C@@H](OC(=O)C(C)(O)CC)CC[C@@]3(C)[C@@H]5[C@@H](OC(C)=O)[C@@H](OC(C)=O)[C@H]4[C@@]21O. The molecular formula is C41H63NO14. The summed E-state index contributed by atoms with van der Waals surface area (Å²) in [6.07, 6.45) is -5.31. The molecule has 2 unspecified atom stereocenters. The minimum atomic E-state index is -2.38. The van der Waals surface area contributed by atoms with Crippen molar-refractivity contribution < 1.29 is 68.4 Å². The minimum absolute atomic E-state index is 0.0107. The lowest BCUT2D eigenvalue weighted by atomic mass is 9.48. The van der Waals surface area contributed by atoms with E-state index in [0.717, 1.165) is 6.42 Å². The Kier molecular flexibility index (Phi) is 10.1. The minimum Gasteiger partial charge on any atom is -0.458 e. The van der Waals surface area contributed by atoms with Gasteiger partial charge in [-0.3, -0.25) is 19.3 Å². The summed E-state index contributed by atoms with van der Waals surface area (Å²) in [6.45, 7) is 15.5. The summed E-state index contributed by atoms with van der Waals surface area (Å²) < 4.78 is 31.3. The van der Waals surface area contributed by atoms with Gasteiger partial charge >= 0.3 is 23.9 Å². The van der Waals surface area contributed by atoms with Crippen LogP contribution in [0.3, 0.4) is 0 Å². The molecule has 19 atom stereocenters. The molecule has 7 aliphatic rings. The van der Waals surface area contributed by atoms with Gasteiger partial charge < -0.3 is 49.2 Å². The first kappa shape index (κ1) is 41.7. The fraction of sp³-hybridized carbons (Fsp3) is 0.902. The van der Waals surface area contributed by atoms with Crippen LogP contribution in [0, 0.1) is 46.8 Å². The Morgan fingerprint density at radius 2 is 1.55 bits per heavy atom. The van der Waals surface area contributed by atoms with Gasteiger partial charge in [0.25, 0.3) is 0 Å². The lowest BCUT2D eigenvalue weighted by Crippen LogP contribution is -2.78. The van der Waals surface area contributed by atoms with Crippen molar-refractivity contribution in [1.82, 2.24) is 4.90 Å². The Morgan fingerprint density at radius 3 is 2.14 bits per heavy atom. The molecule has 4 aliphatic carbocycles. The fourth-order valence-corrected chi connectivity index (χ4v) is 13.1. The van der Waals surface area contributed by atoms with Gasteiger partial charge in [0.1, 0.15) is 17.8 Å². The molecule has 0 aromatic carbocycles. The quantitative estimate of drug-likeness (QED) is 0.174. The average Bonchev–Trinajstić information content (AvgIpc) is 3.40. The molecule has 7 rings (SSSR count). The summed E-state index contributed by atoms with van der Waals surface area (Å²) in [5.74, 6) is -10.8. The molecule has 3 saturated heterocycles. The van der Waals surface area contributed by atoms with Crippen molar-refractivity contribution in [2.45, 2.75) is 172 Å². The van der Waals surface area contributed by atoms with Crippen LogP contribution in [0.4, 0.5) is 0 Å². The van der Waals surface area contributed by atoms with Gasteiger partial charge in [0.2, 0.25) is 5.79 Å². The standard InChI is InChI=1S/C41H63NO14/c1-10-20(4)34(46)55-33-28(45)27-23(18-42-17-19(3)12-13-25(42)38(27,9)49)24-16-39-32(40(24,33)50)30(53-22(6)44)29(52-21(5)43)31-36(39,7)15-14-26(41(31,51)56-39)54-35(47)37(8,48)11-2/h19-20,23-33,45,48-51H,10-18H2,1-9H3/t19-,20?,23-,24-,25-,26-,27+,28+,29-,30+,31-,32+,33-,36-,37?,38+,39+,40-,41-/m0/s1. The third kappa shape index (κ3) is 5.60. The maximum absolute atomic E-state index is 13.9. The third-order valence-electron chi connectivity index (χ3n) is 16.0. The van der Waals surface area contributed by atoms with E-state index in [0.29, 0.717) is 31.8 Å². The number of ether oxygens (including phenoxy) is 5. The van der Waals surface area contributed by atoms with Crippen LogP contribution in [0.15, 0.2) is 0 Å². The van der Waals surface area contributed by atoms with E-state index in [9.17, 15) is 44.7 Å². The highest BCUT2D eigenvalue weighted by Gasteiger charge is 2.90. The van der Waals surface area contributed by atoms with Crippen LogP contribution >= 0.6 is 0 Å². The molecule has 0 aromatic heterocycles. The van der Waals surface area contributed by atoms with E-state index < -0.39 is 124 Å². The van der Waals surface area contributed by atoms with Gasteiger partial charge in [-0.25, -0.2) is 4.79 Å². The van der Waals surface area contributed by atoms with Crippen molar-refractivity contribution in [3.63, 3.8) is 0 Å². The zero-order valence-electron chi connectivity index (χ0n) is 34.2. The summed E-state index contributed by atoms with van der Waals surface area (Å²) >= 11 is 0. The zero-order chi connectivity index (χ0) is 41.3. The topological polar surface area (TPSA) is 219 Å². The number of aliphatic hydroxyl groups excluding tert-OH is 1. The van der Waals surface area contributed by atoms with Crippen molar-refractivity contribution in [2.75, 3.05) is 13.1 Å². The van der Waals surface area contributed by atoms with Crippen LogP contribution in [0.1, 0.15) is 107 Å². The molecule has 3 aliphatic heterocycles. The molecule has 0 radical (unpaired) electrons. The first-order valence-corrected chi connectivity index (χ1v) is 20.7. The molecule has 4 saturated carbocycles. The largest absolute Gasteiger partial charge is 0.458 e. The highest BCUT2D eigenvalue weighted by atomic mass is 16.7. The fourth-order valence-electron chi connectivity index (χ4n) is 13.1. The number of rotatable bonds is 8. The Morgan fingerprint density at radius 1 is 0.929 bits per heavy atom. The van der Waals surface area contributed by atoms with E-state index in [2.05, 4.69) is 11.8 Å². The number of hydrogen-bond acceptors (Lipinski definition) is 15. The van der Waals surface area contributed by atoms with Crippen LogP contribution in [0.5, 0.6) is 0 Å². The normalized spacial score (nSPS) is 50.5. The molecule has 1 spiro atoms. The Balaban J connectivity index is 1.45. The number of esters is 4. The number of carbonyl (C=O) groups is 4. The number of piperidine rings is 2. The summed E-state index contributed by atoms with van der Waals surface area (Å²) in [5.41, 5.74) is -8.37. The molecule has 5 N–H and O–H groups in total. The van der Waals surface area contributed by atoms with Gasteiger partial charge in [0, 0.05) is 44.3 Å². The van der Waals surface area contributed by atoms with Gasteiger partial charge in [-0.2, -0.15) is 0 Å². The average molecular weight is 794 g/mol. The Bertz CT molecular complexity index is 1620. The molecule has 0 amide bonds. The van der Waals surface area contributed by atoms with Crippen molar-refractivity contribution in [3.8, 4) is 0 Å². The molecule has 3 heterocycles. The van der Waals surface area contributed by atoms with E-state index in [4.69, 9.17) is 23.7 Å². The number of aliphatic hydroxyl groups is 5. The maximum atomic E-state index is 13.9. The molecular weight excluding hydrogens is 730 g/mol. The number of fused-ring (bicyclic) bond motifs is 5. The van der Waals surface area contributed by atoms with Crippen LogP contribution in [-0.2, 0) is 42.9 Å². The second-order valence-electron chi connectivity index (χ2n) is 19.2. The highest BCUT2D eigenvalue weighted by molar-refractivity contribution is 5.79. The smallest absolute Gasteiger partial charge is 0.338 e. The van der Waals surface area contributed by atoms with Crippen LogP contribution in [0.25, 0.3) is 0 Å². The maximum Gasteiger partial charge on any atom is 0.338 e. The van der Waals surface area contributed by atoms with Crippen molar-refractivity contribution in [2.24, 2.45) is 46.8 Å². The van der Waals surface area contributed by atoms with Crippen LogP contribution < -0.4 is 0 Å². The predicted octanol–water partition coefficient (Wildman–Crippen LogP) is 1.61. The Labute approximate surface area is 328 Å². The van der Waals surface area contributed by atoms with E-state index in [1.165, 1.54) is 20.8 Å². The van der Waals surface area contributed by atoms with E-state index in [1.807, 2.05) is 13.8 Å². The van der Waals surface area contributed by atoms with Crippen LogP contribution in [-0.4, -0.2) is 132 Å². The molecule has 316 valence electrons. The molecule has 15 heteroatoms. The first-order chi connectivity index (χ1) is 26.0. The summed E-state index contributed by atoms with van der Waals surface area (Å²) in [6, 6.07) is -0.309. The number of hydrogen-bond donors (Lipinski definition) is 5. The van der Waals surface area contributed by atoms with Crippen molar-refractivity contribution >= 4 is 23.9 Å². The summed E-state index contributed by atoms with van der Waals surface area (Å²) in [5, 5.41) is 62.9. The van der Waals surface area contributed by atoms with Gasteiger partial charge in [-0.15, -0.1) is 0 Å². The predicted molar refractivity (Wildman–Crippen MR) is 195 cm³/mol. The number of nitrogens with zero attached hydrogens (tertiary/aromatic N) is 1. The Hall–Kier alpha value is -2.40. The molecule has 56 heavy (non-hydrogen) atoms. The molecule has 15 nitrogen and oxygen atoms in total. The van der Waals surface area contributed by atoms with Crippen molar-refractivity contribution in [1.29, 1.82) is 0 Å². The van der Waals surface area contributed by atoms with E-state index >= 15 is 0 Å². The van der Waals surface area contributed by atoms with Gasteiger partial charge in [0.05, 0.1) is 35.1 Å². The number of carbonyl (C=O) groups excluding carboxylic acids is 4. The van der Waals surface area contributed by atoms with Crippen LogP contribution in [0.2, 0.25) is 0 Å². The van der Waals surface area contributed by atoms with E-state index in [1.54, 1.807) is 20.8 Å². The van der Waals surface area contributed by atoms with E-state index in [-0.39, 0.29) is 31.7 Å². The second kappa shape index (κ2) is 13.6. The van der Waals surface area contributed by atoms with Crippen molar-refractivity contribution in [3.05, 3.63) is 0 Å². The second-order valence-corrected chi connectivity index (χ2v) is 19.2. The molecule has 7 fully saturated rings. The first-order valence-electron chi connectivity index (χ1n) is 20.7. The molecule has 4 bridgehead atoms. The third-order valence-corrected chi connectivity index (χ3v) is 16.0.